The second-order valence-electron chi connectivity index (χ2n) is 10.2. The molecule has 0 bridgehead atoms. The summed E-state index contributed by atoms with van der Waals surface area (Å²) >= 11 is 3.56. The Hall–Kier alpha value is -4.46. The molecule has 4 heterocycles. The van der Waals surface area contributed by atoms with Gasteiger partial charge in [-0.3, -0.25) is 4.98 Å². The number of sulfone groups is 1. The van der Waals surface area contributed by atoms with Gasteiger partial charge in [-0.2, -0.15) is 0 Å². The first-order valence-electron chi connectivity index (χ1n) is 13.9. The first-order valence-corrected chi connectivity index (χ1v) is 16.4. The van der Waals surface area contributed by atoms with Crippen molar-refractivity contribution in [2.75, 3.05) is 24.3 Å². The van der Waals surface area contributed by atoms with E-state index in [1.807, 2.05) is 24.3 Å². The molecule has 0 amide bonds. The van der Waals surface area contributed by atoms with Crippen LogP contribution in [0.15, 0.2) is 107 Å². The third-order valence-corrected chi connectivity index (χ3v) is 9.29. The Morgan fingerprint density at radius 1 is 1.02 bits per heavy atom. The topological polar surface area (TPSA) is 125 Å². The Morgan fingerprint density at radius 3 is 2.71 bits per heavy atom. The number of benzene rings is 2. The van der Waals surface area contributed by atoms with E-state index in [1.54, 1.807) is 42.8 Å². The summed E-state index contributed by atoms with van der Waals surface area (Å²) in [5.41, 5.74) is 1.73. The Labute approximate surface area is 267 Å². The lowest BCUT2D eigenvalue weighted by Gasteiger charge is -2.28. The van der Waals surface area contributed by atoms with Crippen LogP contribution in [0, 0.1) is 5.82 Å². The molecule has 0 aliphatic carbocycles. The molecule has 3 aromatic heterocycles. The van der Waals surface area contributed by atoms with Crippen LogP contribution in [0.4, 0.5) is 15.9 Å². The monoisotopic (exact) mass is 691 g/mol. The lowest BCUT2D eigenvalue weighted by molar-refractivity contribution is -0.0446. The average Bonchev–Trinajstić information content (AvgIpc) is 3.53. The van der Waals surface area contributed by atoms with Crippen molar-refractivity contribution in [3.63, 3.8) is 0 Å². The number of pyridine rings is 2. The van der Waals surface area contributed by atoms with Crippen LogP contribution in [-0.4, -0.2) is 47.3 Å². The number of rotatable bonds is 12. The van der Waals surface area contributed by atoms with Gasteiger partial charge in [0.15, 0.2) is 20.5 Å². The molecule has 1 N–H and O–H groups in total. The molecular formula is C32H27BrFN5O5S. The molecule has 6 rings (SSSR count). The predicted octanol–water partition coefficient (Wildman–Crippen LogP) is 6.26. The smallest absolute Gasteiger partial charge is 0.197 e. The van der Waals surface area contributed by atoms with Crippen molar-refractivity contribution in [1.29, 1.82) is 0 Å². The van der Waals surface area contributed by atoms with Crippen LogP contribution >= 0.6 is 15.9 Å². The van der Waals surface area contributed by atoms with E-state index < -0.39 is 15.4 Å². The summed E-state index contributed by atoms with van der Waals surface area (Å²) in [7, 11) is -3.59. The number of halogens is 2. The summed E-state index contributed by atoms with van der Waals surface area (Å²) < 4.78 is 57.2. The Kier molecular flexibility index (Phi) is 9.01. The van der Waals surface area contributed by atoms with Gasteiger partial charge in [-0.1, -0.05) is 18.2 Å². The second kappa shape index (κ2) is 13.3. The number of hydrogen-bond donors (Lipinski definition) is 1. The molecule has 0 saturated carbocycles. The molecule has 1 atom stereocenters. The first-order chi connectivity index (χ1) is 21.8. The molecule has 0 fully saturated rings. The van der Waals surface area contributed by atoms with Gasteiger partial charge >= 0.3 is 0 Å². The van der Waals surface area contributed by atoms with Crippen molar-refractivity contribution in [3.05, 3.63) is 119 Å². The summed E-state index contributed by atoms with van der Waals surface area (Å²) in [6, 6.07) is 18.4. The molecule has 45 heavy (non-hydrogen) atoms. The number of hydrogen-bond acceptors (Lipinski definition) is 10. The number of fused-ring (bicyclic) bond motifs is 1. The van der Waals surface area contributed by atoms with Crippen LogP contribution in [-0.2, 0) is 31.5 Å². The lowest BCUT2D eigenvalue weighted by Crippen LogP contribution is -2.33. The van der Waals surface area contributed by atoms with Crippen LogP contribution in [0.1, 0.15) is 17.7 Å². The fraction of sp³-hybridized carbons (Fsp3) is 0.188. The quantitative estimate of drug-likeness (QED) is 0.150. The molecule has 230 valence electrons. The maximum atomic E-state index is 13.5. The molecule has 1 aliphatic heterocycles. The van der Waals surface area contributed by atoms with Crippen LogP contribution in [0.25, 0.3) is 10.9 Å². The van der Waals surface area contributed by atoms with Gasteiger partial charge in [0.25, 0.3) is 0 Å². The van der Waals surface area contributed by atoms with Gasteiger partial charge in [-0.05, 0) is 76.1 Å². The zero-order valence-electron chi connectivity index (χ0n) is 23.8. The highest BCUT2D eigenvalue weighted by molar-refractivity contribution is 9.10. The molecule has 2 aromatic carbocycles. The molecule has 1 aliphatic rings. The van der Waals surface area contributed by atoms with E-state index in [0.29, 0.717) is 39.1 Å². The third-order valence-electron chi connectivity index (χ3n) is 7.09. The summed E-state index contributed by atoms with van der Waals surface area (Å²) in [5, 5.41) is 4.05. The second-order valence-corrected chi connectivity index (χ2v) is 13.1. The highest BCUT2D eigenvalue weighted by atomic mass is 79.9. The van der Waals surface area contributed by atoms with Crippen LogP contribution < -0.4 is 10.1 Å². The molecule has 0 spiro atoms. The summed E-state index contributed by atoms with van der Waals surface area (Å²) in [6.07, 6.45) is 8.49. The van der Waals surface area contributed by atoms with Crippen LogP contribution in [0.3, 0.4) is 0 Å². The van der Waals surface area contributed by atoms with Gasteiger partial charge in [-0.25, -0.2) is 27.8 Å². The molecule has 0 saturated heterocycles. The minimum absolute atomic E-state index is 0.0105. The Balaban J connectivity index is 1.17. The standard InChI is InChI=1S/C32H27BrFN5O5S/c33-26-16-24(8-9-28(26)43-19-22-5-3-6-23(34)15-22)39-31-25-17-29(36-18-27(25)37-21-38-31)32(10-4-12-44-32)20-42-13-14-45(40,41)30-7-1-2-11-35-30/h1-9,11-12,15-18,21H,10,13-14,19-20H2,(H,37,38,39). The maximum absolute atomic E-state index is 13.5. The molecule has 13 heteroatoms. The van der Waals surface area contributed by atoms with Gasteiger partial charge in [-0.15, -0.1) is 0 Å². The Morgan fingerprint density at radius 2 is 1.93 bits per heavy atom. The van der Waals surface area contributed by atoms with Crippen molar-refractivity contribution < 1.29 is 27.0 Å². The van der Waals surface area contributed by atoms with E-state index in [-0.39, 0.29) is 36.4 Å². The minimum Gasteiger partial charge on any atom is -0.488 e. The number of anilines is 2. The number of aromatic nitrogens is 4. The lowest BCUT2D eigenvalue weighted by atomic mass is 9.96. The van der Waals surface area contributed by atoms with Crippen LogP contribution in [0.5, 0.6) is 5.75 Å². The highest BCUT2D eigenvalue weighted by Gasteiger charge is 2.38. The minimum atomic E-state index is -3.59. The van der Waals surface area contributed by atoms with Crippen molar-refractivity contribution >= 4 is 48.2 Å². The average molecular weight is 693 g/mol. The van der Waals surface area contributed by atoms with Crippen molar-refractivity contribution in [2.45, 2.75) is 23.7 Å². The van der Waals surface area contributed by atoms with E-state index in [1.165, 1.54) is 30.7 Å². The molecule has 0 radical (unpaired) electrons. The predicted molar refractivity (Wildman–Crippen MR) is 169 cm³/mol. The molecule has 10 nitrogen and oxygen atoms in total. The van der Waals surface area contributed by atoms with Gasteiger partial charge < -0.3 is 19.5 Å². The fourth-order valence-corrected chi connectivity index (χ4v) is 6.31. The van der Waals surface area contributed by atoms with E-state index in [9.17, 15) is 12.8 Å². The fourth-order valence-electron chi connectivity index (χ4n) is 4.77. The van der Waals surface area contributed by atoms with E-state index in [4.69, 9.17) is 14.2 Å². The van der Waals surface area contributed by atoms with Gasteiger partial charge in [0.2, 0.25) is 0 Å². The SMILES string of the molecule is O=S(=O)(CCOCC1(c2cc3c(Nc4ccc(OCc5cccc(F)c5)c(Br)c4)ncnc3cn2)CC=CO1)c1ccccn1. The molecule has 1 unspecified atom stereocenters. The zero-order chi connectivity index (χ0) is 31.3. The van der Waals surface area contributed by atoms with E-state index in [2.05, 4.69) is 41.2 Å². The van der Waals surface area contributed by atoms with Crippen LogP contribution in [0.2, 0.25) is 0 Å². The maximum Gasteiger partial charge on any atom is 0.197 e. The molecule has 5 aromatic rings. The summed E-state index contributed by atoms with van der Waals surface area (Å²) in [6.45, 7) is 0.263. The first kappa shape index (κ1) is 30.6. The van der Waals surface area contributed by atoms with Crippen molar-refractivity contribution in [2.24, 2.45) is 0 Å². The van der Waals surface area contributed by atoms with Gasteiger partial charge in [0, 0.05) is 23.7 Å². The summed E-state index contributed by atoms with van der Waals surface area (Å²) in [4.78, 5) is 17.4. The molecular weight excluding hydrogens is 665 g/mol. The van der Waals surface area contributed by atoms with E-state index >= 15 is 0 Å². The van der Waals surface area contributed by atoms with Crippen molar-refractivity contribution in [1.82, 2.24) is 19.9 Å². The van der Waals surface area contributed by atoms with Crippen molar-refractivity contribution in [3.8, 4) is 5.75 Å². The van der Waals surface area contributed by atoms with Gasteiger partial charge in [0.05, 0.1) is 47.1 Å². The number of nitrogens with zero attached hydrogens (tertiary/aromatic N) is 4. The number of nitrogens with one attached hydrogen (secondary N) is 1. The zero-order valence-corrected chi connectivity index (χ0v) is 26.2. The summed E-state index contributed by atoms with van der Waals surface area (Å²) in [5.74, 6) is 0.619. The number of ether oxygens (including phenoxy) is 3. The third kappa shape index (κ3) is 7.11. The highest BCUT2D eigenvalue weighted by Crippen LogP contribution is 2.37. The van der Waals surface area contributed by atoms with E-state index in [0.717, 1.165) is 11.3 Å². The van der Waals surface area contributed by atoms with Gasteiger partial charge in [0.1, 0.15) is 30.3 Å². The Bertz CT molecular complexity index is 1960. The normalized spacial score (nSPS) is 16.0. The largest absolute Gasteiger partial charge is 0.488 e.